The van der Waals surface area contributed by atoms with Crippen molar-refractivity contribution in [2.75, 3.05) is 0 Å². The van der Waals surface area contributed by atoms with E-state index < -0.39 is 0 Å². The summed E-state index contributed by atoms with van der Waals surface area (Å²) in [4.78, 5) is 0. The van der Waals surface area contributed by atoms with Crippen LogP contribution >= 0.6 is 15.9 Å². The van der Waals surface area contributed by atoms with E-state index in [2.05, 4.69) is 33.4 Å². The van der Waals surface area contributed by atoms with Gasteiger partial charge in [-0.15, -0.1) is 0 Å². The maximum atomic E-state index is 3.90. The SMILES string of the molecule is CC1CC(Br)=NN1. The third kappa shape index (κ3) is 1.16. The van der Waals surface area contributed by atoms with Crippen LogP contribution in [0, 0.1) is 0 Å². The van der Waals surface area contributed by atoms with Crippen molar-refractivity contribution in [3.63, 3.8) is 0 Å². The average molecular weight is 163 g/mol. The minimum Gasteiger partial charge on any atom is -0.306 e. The zero-order valence-corrected chi connectivity index (χ0v) is 5.70. The monoisotopic (exact) mass is 162 g/mol. The van der Waals surface area contributed by atoms with Gasteiger partial charge in [0.1, 0.15) is 4.62 Å². The fourth-order valence-electron chi connectivity index (χ4n) is 0.524. The van der Waals surface area contributed by atoms with Gasteiger partial charge in [0.25, 0.3) is 0 Å². The maximum absolute atomic E-state index is 3.90. The lowest BCUT2D eigenvalue weighted by Crippen LogP contribution is -2.12. The van der Waals surface area contributed by atoms with Crippen LogP contribution in [0.1, 0.15) is 13.3 Å². The van der Waals surface area contributed by atoms with Crippen LogP contribution < -0.4 is 5.43 Å². The van der Waals surface area contributed by atoms with E-state index in [0.717, 1.165) is 11.0 Å². The first-order valence-electron chi connectivity index (χ1n) is 2.26. The van der Waals surface area contributed by atoms with E-state index in [1.165, 1.54) is 0 Å². The van der Waals surface area contributed by atoms with Crippen molar-refractivity contribution >= 4 is 20.6 Å². The first-order valence-corrected chi connectivity index (χ1v) is 3.06. The third-order valence-electron chi connectivity index (χ3n) is 0.881. The molecule has 0 saturated heterocycles. The second-order valence-corrected chi connectivity index (χ2v) is 2.64. The highest BCUT2D eigenvalue weighted by Gasteiger charge is 2.08. The molecule has 7 heavy (non-hydrogen) atoms. The number of hydrogen-bond acceptors (Lipinski definition) is 2. The Kier molecular flexibility index (Phi) is 1.32. The molecule has 0 amide bonds. The highest BCUT2D eigenvalue weighted by atomic mass is 79.9. The van der Waals surface area contributed by atoms with E-state index in [4.69, 9.17) is 0 Å². The molecule has 0 saturated carbocycles. The molecule has 1 unspecified atom stereocenters. The minimum atomic E-state index is 0.523. The van der Waals surface area contributed by atoms with Crippen molar-refractivity contribution in [3.8, 4) is 0 Å². The lowest BCUT2D eigenvalue weighted by molar-refractivity contribution is 0.636. The first kappa shape index (κ1) is 5.09. The first-order chi connectivity index (χ1) is 3.29. The molecule has 0 radical (unpaired) electrons. The highest BCUT2D eigenvalue weighted by Crippen LogP contribution is 2.05. The van der Waals surface area contributed by atoms with Gasteiger partial charge in [-0.1, -0.05) is 0 Å². The molecular formula is C4H7BrN2. The fraction of sp³-hybridized carbons (Fsp3) is 0.750. The molecule has 1 N–H and O–H groups in total. The van der Waals surface area contributed by atoms with E-state index in [0.29, 0.717) is 6.04 Å². The van der Waals surface area contributed by atoms with Gasteiger partial charge in [-0.2, -0.15) is 5.10 Å². The van der Waals surface area contributed by atoms with Crippen molar-refractivity contribution < 1.29 is 0 Å². The van der Waals surface area contributed by atoms with Crippen molar-refractivity contribution in [1.29, 1.82) is 0 Å². The zero-order chi connectivity index (χ0) is 5.28. The number of hydrogen-bond donors (Lipinski definition) is 1. The molecule has 1 heterocycles. The number of nitrogens with one attached hydrogen (secondary N) is 1. The molecule has 1 aliphatic heterocycles. The molecule has 1 atom stereocenters. The second-order valence-electron chi connectivity index (χ2n) is 1.72. The summed E-state index contributed by atoms with van der Waals surface area (Å²) in [7, 11) is 0. The molecule has 0 spiro atoms. The molecule has 1 aliphatic rings. The molecule has 2 nitrogen and oxygen atoms in total. The largest absolute Gasteiger partial charge is 0.306 e. The Labute approximate surface area is 51.1 Å². The molecule has 40 valence electrons. The Bertz CT molecular complexity index is 99.9. The summed E-state index contributed by atoms with van der Waals surface area (Å²) in [5, 5.41) is 3.90. The Hall–Kier alpha value is -0.0500. The van der Waals surface area contributed by atoms with Crippen molar-refractivity contribution in [2.45, 2.75) is 19.4 Å². The van der Waals surface area contributed by atoms with Gasteiger partial charge >= 0.3 is 0 Å². The lowest BCUT2D eigenvalue weighted by Gasteiger charge is -1.95. The quantitative estimate of drug-likeness (QED) is 0.567. The van der Waals surface area contributed by atoms with Crippen LogP contribution in [0.15, 0.2) is 5.10 Å². The van der Waals surface area contributed by atoms with E-state index >= 15 is 0 Å². The van der Waals surface area contributed by atoms with Crippen molar-refractivity contribution in [1.82, 2.24) is 5.43 Å². The minimum absolute atomic E-state index is 0.523. The summed E-state index contributed by atoms with van der Waals surface area (Å²) in [6, 6.07) is 0.523. The number of halogens is 1. The van der Waals surface area contributed by atoms with Gasteiger partial charge in [-0.3, -0.25) is 0 Å². The van der Waals surface area contributed by atoms with E-state index in [9.17, 15) is 0 Å². The average Bonchev–Trinajstić information content (AvgIpc) is 1.87. The predicted octanol–water partition coefficient (Wildman–Crippen LogP) is 1.08. The normalized spacial score (nSPS) is 29.4. The van der Waals surface area contributed by atoms with Gasteiger partial charge in [0.05, 0.1) is 0 Å². The van der Waals surface area contributed by atoms with Gasteiger partial charge in [0.2, 0.25) is 0 Å². The topological polar surface area (TPSA) is 24.4 Å². The number of hydrazone groups is 1. The van der Waals surface area contributed by atoms with Crippen LogP contribution in [0.3, 0.4) is 0 Å². The molecule has 0 aliphatic carbocycles. The molecule has 0 aromatic carbocycles. The van der Waals surface area contributed by atoms with Crippen LogP contribution in [-0.4, -0.2) is 10.7 Å². The third-order valence-corrected chi connectivity index (χ3v) is 1.38. The predicted molar refractivity (Wildman–Crippen MR) is 33.6 cm³/mol. The van der Waals surface area contributed by atoms with Gasteiger partial charge in [-0.05, 0) is 22.9 Å². The summed E-state index contributed by atoms with van der Waals surface area (Å²) in [6.07, 6.45) is 1.03. The van der Waals surface area contributed by atoms with Crippen LogP contribution in [0.5, 0.6) is 0 Å². The number of rotatable bonds is 0. The molecule has 0 aromatic heterocycles. The van der Waals surface area contributed by atoms with E-state index in [-0.39, 0.29) is 0 Å². The van der Waals surface area contributed by atoms with Gasteiger partial charge in [-0.25, -0.2) is 0 Å². The Morgan fingerprint density at radius 1 is 2.00 bits per heavy atom. The van der Waals surface area contributed by atoms with Crippen LogP contribution in [-0.2, 0) is 0 Å². The Morgan fingerprint density at radius 2 is 2.71 bits per heavy atom. The van der Waals surface area contributed by atoms with Crippen LogP contribution in [0.4, 0.5) is 0 Å². The van der Waals surface area contributed by atoms with E-state index in [1.54, 1.807) is 0 Å². The van der Waals surface area contributed by atoms with Gasteiger partial charge in [0.15, 0.2) is 0 Å². The Balaban J connectivity index is 2.42. The van der Waals surface area contributed by atoms with Gasteiger partial charge < -0.3 is 5.43 Å². The molecule has 0 aromatic rings. The van der Waals surface area contributed by atoms with Gasteiger partial charge in [0, 0.05) is 12.5 Å². The smallest absolute Gasteiger partial charge is 0.105 e. The summed E-state index contributed by atoms with van der Waals surface area (Å²) in [6.45, 7) is 2.10. The molecule has 0 bridgehead atoms. The van der Waals surface area contributed by atoms with E-state index in [1.807, 2.05) is 0 Å². The lowest BCUT2D eigenvalue weighted by atomic mass is 10.3. The zero-order valence-electron chi connectivity index (χ0n) is 4.11. The molecule has 1 rings (SSSR count). The number of nitrogens with zero attached hydrogens (tertiary/aromatic N) is 1. The Morgan fingerprint density at radius 3 is 2.86 bits per heavy atom. The van der Waals surface area contributed by atoms with Crippen LogP contribution in [0.2, 0.25) is 0 Å². The summed E-state index contributed by atoms with van der Waals surface area (Å²) in [5.41, 5.74) is 2.91. The fourth-order valence-corrected chi connectivity index (χ4v) is 1.11. The summed E-state index contributed by atoms with van der Waals surface area (Å²) in [5.74, 6) is 0. The molecular weight excluding hydrogens is 156 g/mol. The summed E-state index contributed by atoms with van der Waals surface area (Å²) >= 11 is 3.27. The summed E-state index contributed by atoms with van der Waals surface area (Å²) < 4.78 is 1.03. The molecule has 0 fully saturated rings. The van der Waals surface area contributed by atoms with Crippen LogP contribution in [0.25, 0.3) is 0 Å². The van der Waals surface area contributed by atoms with Crippen molar-refractivity contribution in [3.05, 3.63) is 0 Å². The molecule has 3 heteroatoms. The second kappa shape index (κ2) is 1.82. The van der Waals surface area contributed by atoms with Crippen molar-refractivity contribution in [2.24, 2.45) is 5.10 Å². The standard InChI is InChI=1S/C4H7BrN2/c1-3-2-4(5)7-6-3/h3,6H,2H2,1H3. The highest BCUT2D eigenvalue weighted by molar-refractivity contribution is 9.18. The maximum Gasteiger partial charge on any atom is 0.105 e.